The molecule has 132 valence electrons. The third-order valence-electron chi connectivity index (χ3n) is 5.75. The van der Waals surface area contributed by atoms with Crippen LogP contribution in [0, 0.1) is 5.92 Å². The van der Waals surface area contributed by atoms with Gasteiger partial charge in [-0.25, -0.2) is 4.98 Å². The molecular formula is C18H28N4O2. The van der Waals surface area contributed by atoms with Gasteiger partial charge < -0.3 is 19.1 Å². The van der Waals surface area contributed by atoms with E-state index in [0.29, 0.717) is 11.6 Å². The van der Waals surface area contributed by atoms with Crippen molar-refractivity contribution in [3.05, 3.63) is 18.2 Å². The molecule has 3 aliphatic rings. The Kier molecular flexibility index (Phi) is 4.35. The summed E-state index contributed by atoms with van der Waals surface area (Å²) < 4.78 is 8.10. The fourth-order valence-electron chi connectivity index (χ4n) is 4.63. The second-order valence-corrected chi connectivity index (χ2v) is 7.83. The summed E-state index contributed by atoms with van der Waals surface area (Å²) >= 11 is 0. The van der Waals surface area contributed by atoms with E-state index in [-0.39, 0.29) is 11.5 Å². The van der Waals surface area contributed by atoms with Crippen LogP contribution in [-0.2, 0) is 11.8 Å². The molecule has 0 N–H and O–H groups in total. The van der Waals surface area contributed by atoms with Crippen molar-refractivity contribution in [2.75, 3.05) is 39.3 Å². The fraction of sp³-hybridized carbons (Fsp3) is 0.778. The van der Waals surface area contributed by atoms with Gasteiger partial charge in [-0.3, -0.25) is 4.79 Å². The number of carbonyl (C=O) groups excluding carboxylic acids is 1. The number of ether oxygens (including phenoxy) is 1. The highest BCUT2D eigenvalue weighted by molar-refractivity contribution is 5.92. The lowest BCUT2D eigenvalue weighted by molar-refractivity contribution is -0.0451. The largest absolute Gasteiger partial charge is 0.373 e. The van der Waals surface area contributed by atoms with Gasteiger partial charge in [-0.05, 0) is 51.1 Å². The van der Waals surface area contributed by atoms with Crippen molar-refractivity contribution in [2.24, 2.45) is 13.0 Å². The zero-order valence-corrected chi connectivity index (χ0v) is 14.6. The quantitative estimate of drug-likeness (QED) is 0.842. The second kappa shape index (κ2) is 6.48. The standard InChI is InChI=1S/C18H28N4O2/c1-20-11-16(19-14-20)17(23)22-8-4-5-18(13-22)9-15(12-24-18)10-21-6-2-3-7-21/h11,14-15H,2-10,12-13H2,1H3/t15-,18-/m0/s1. The Bertz CT molecular complexity index is 596. The number of carbonyl (C=O) groups is 1. The fourth-order valence-corrected chi connectivity index (χ4v) is 4.63. The Morgan fingerprint density at radius 1 is 1.33 bits per heavy atom. The van der Waals surface area contributed by atoms with Crippen LogP contribution in [0.4, 0.5) is 0 Å². The molecule has 0 unspecified atom stereocenters. The zero-order valence-electron chi connectivity index (χ0n) is 14.6. The third-order valence-corrected chi connectivity index (χ3v) is 5.75. The lowest BCUT2D eigenvalue weighted by Crippen LogP contribution is -2.50. The number of amides is 1. The van der Waals surface area contributed by atoms with Crippen LogP contribution >= 0.6 is 0 Å². The number of nitrogens with zero attached hydrogens (tertiary/aromatic N) is 4. The normalized spacial score (nSPS) is 31.2. The van der Waals surface area contributed by atoms with Crippen molar-refractivity contribution in [3.8, 4) is 0 Å². The monoisotopic (exact) mass is 332 g/mol. The highest BCUT2D eigenvalue weighted by Gasteiger charge is 2.45. The molecule has 0 bridgehead atoms. The summed E-state index contributed by atoms with van der Waals surface area (Å²) in [5, 5.41) is 0. The summed E-state index contributed by atoms with van der Waals surface area (Å²) in [5.74, 6) is 0.661. The van der Waals surface area contributed by atoms with Crippen molar-refractivity contribution in [1.29, 1.82) is 0 Å². The average molecular weight is 332 g/mol. The Hall–Kier alpha value is -1.40. The third kappa shape index (κ3) is 3.22. The van der Waals surface area contributed by atoms with E-state index < -0.39 is 0 Å². The van der Waals surface area contributed by atoms with E-state index in [1.54, 1.807) is 12.5 Å². The van der Waals surface area contributed by atoms with Gasteiger partial charge in [0, 0.05) is 26.3 Å². The predicted molar refractivity (Wildman–Crippen MR) is 90.8 cm³/mol. The Balaban J connectivity index is 1.38. The number of imidazole rings is 1. The van der Waals surface area contributed by atoms with Gasteiger partial charge in [-0.2, -0.15) is 0 Å². The van der Waals surface area contributed by atoms with Crippen LogP contribution in [0.15, 0.2) is 12.5 Å². The molecule has 24 heavy (non-hydrogen) atoms. The smallest absolute Gasteiger partial charge is 0.274 e. The summed E-state index contributed by atoms with van der Waals surface area (Å²) in [6.07, 6.45) is 9.36. The highest BCUT2D eigenvalue weighted by atomic mass is 16.5. The lowest BCUT2D eigenvalue weighted by atomic mass is 9.86. The molecule has 1 aromatic rings. The number of rotatable bonds is 3. The molecular weight excluding hydrogens is 304 g/mol. The minimum atomic E-state index is -0.118. The van der Waals surface area contributed by atoms with E-state index in [9.17, 15) is 4.79 Å². The van der Waals surface area contributed by atoms with E-state index in [2.05, 4.69) is 9.88 Å². The van der Waals surface area contributed by atoms with E-state index in [1.165, 1.54) is 25.9 Å². The van der Waals surface area contributed by atoms with Crippen LogP contribution in [-0.4, -0.2) is 70.2 Å². The lowest BCUT2D eigenvalue weighted by Gasteiger charge is -2.39. The van der Waals surface area contributed by atoms with Crippen LogP contribution in [0.2, 0.25) is 0 Å². The molecule has 0 aliphatic carbocycles. The first-order chi connectivity index (χ1) is 11.6. The van der Waals surface area contributed by atoms with Crippen LogP contribution in [0.1, 0.15) is 42.6 Å². The molecule has 0 radical (unpaired) electrons. The van der Waals surface area contributed by atoms with Crippen molar-refractivity contribution >= 4 is 5.91 Å². The molecule has 6 heteroatoms. The van der Waals surface area contributed by atoms with Gasteiger partial charge in [-0.15, -0.1) is 0 Å². The number of hydrogen-bond acceptors (Lipinski definition) is 4. The van der Waals surface area contributed by atoms with Crippen LogP contribution < -0.4 is 0 Å². The van der Waals surface area contributed by atoms with Crippen molar-refractivity contribution in [2.45, 2.75) is 37.7 Å². The summed E-state index contributed by atoms with van der Waals surface area (Å²) in [6.45, 7) is 6.04. The van der Waals surface area contributed by atoms with E-state index in [0.717, 1.165) is 45.5 Å². The summed E-state index contributed by atoms with van der Waals surface area (Å²) in [6, 6.07) is 0. The van der Waals surface area contributed by atoms with Crippen molar-refractivity contribution in [1.82, 2.24) is 19.4 Å². The number of likely N-dealkylation sites (tertiary alicyclic amines) is 2. The van der Waals surface area contributed by atoms with Gasteiger partial charge in [0.05, 0.1) is 25.1 Å². The zero-order chi connectivity index (χ0) is 16.6. The van der Waals surface area contributed by atoms with Crippen molar-refractivity contribution in [3.63, 3.8) is 0 Å². The van der Waals surface area contributed by atoms with Gasteiger partial charge in [0.15, 0.2) is 0 Å². The molecule has 4 rings (SSSR count). The Morgan fingerprint density at radius 3 is 2.92 bits per heavy atom. The summed E-state index contributed by atoms with van der Waals surface area (Å²) in [5.41, 5.74) is 0.425. The molecule has 6 nitrogen and oxygen atoms in total. The first-order valence-electron chi connectivity index (χ1n) is 9.27. The molecule has 3 aliphatic heterocycles. The van der Waals surface area contributed by atoms with Crippen molar-refractivity contribution < 1.29 is 9.53 Å². The van der Waals surface area contributed by atoms with E-state index in [1.807, 2.05) is 16.5 Å². The molecule has 1 spiro atoms. The van der Waals surface area contributed by atoms with Gasteiger partial charge in [0.1, 0.15) is 5.69 Å². The summed E-state index contributed by atoms with van der Waals surface area (Å²) in [4.78, 5) is 21.4. The van der Waals surface area contributed by atoms with Gasteiger partial charge in [0.25, 0.3) is 5.91 Å². The minimum absolute atomic E-state index is 0.0428. The first-order valence-corrected chi connectivity index (χ1v) is 9.27. The maximum absolute atomic E-state index is 12.7. The topological polar surface area (TPSA) is 50.6 Å². The molecule has 3 saturated heterocycles. The molecule has 2 atom stereocenters. The molecule has 0 saturated carbocycles. The van der Waals surface area contributed by atoms with Gasteiger partial charge >= 0.3 is 0 Å². The van der Waals surface area contributed by atoms with Gasteiger partial charge in [0.2, 0.25) is 0 Å². The predicted octanol–water partition coefficient (Wildman–Crippen LogP) is 1.53. The Morgan fingerprint density at radius 2 is 2.17 bits per heavy atom. The van der Waals surface area contributed by atoms with E-state index >= 15 is 0 Å². The first kappa shape index (κ1) is 16.1. The highest BCUT2D eigenvalue weighted by Crippen LogP contribution is 2.38. The van der Waals surface area contributed by atoms with Crippen LogP contribution in [0.3, 0.4) is 0 Å². The SMILES string of the molecule is Cn1cnc(C(=O)N2CCC[C@]3(C[C@@H](CN4CCCC4)CO3)C2)c1. The van der Waals surface area contributed by atoms with Crippen LogP contribution in [0.5, 0.6) is 0 Å². The number of aryl methyl sites for hydroxylation is 1. The van der Waals surface area contributed by atoms with Gasteiger partial charge in [-0.1, -0.05) is 0 Å². The summed E-state index contributed by atoms with van der Waals surface area (Å²) in [7, 11) is 1.89. The molecule has 1 aromatic heterocycles. The number of aromatic nitrogens is 2. The molecule has 1 amide bonds. The molecule has 3 fully saturated rings. The molecule has 0 aromatic carbocycles. The average Bonchev–Trinajstić information content (AvgIpc) is 3.30. The molecule has 4 heterocycles. The maximum Gasteiger partial charge on any atom is 0.274 e. The second-order valence-electron chi connectivity index (χ2n) is 7.83. The van der Waals surface area contributed by atoms with Crippen LogP contribution in [0.25, 0.3) is 0 Å². The number of piperidine rings is 1. The maximum atomic E-state index is 12.7. The number of hydrogen-bond donors (Lipinski definition) is 0. The Labute approximate surface area is 143 Å². The minimum Gasteiger partial charge on any atom is -0.373 e. The van der Waals surface area contributed by atoms with E-state index in [4.69, 9.17) is 4.74 Å².